The number of benzene rings is 1. The van der Waals surface area contributed by atoms with Crippen LogP contribution in [0.25, 0.3) is 0 Å². The summed E-state index contributed by atoms with van der Waals surface area (Å²) in [6.45, 7) is 4.43. The van der Waals surface area contributed by atoms with Gasteiger partial charge in [0.1, 0.15) is 0 Å². The summed E-state index contributed by atoms with van der Waals surface area (Å²) in [6.07, 6.45) is 9.23. The van der Waals surface area contributed by atoms with Crippen molar-refractivity contribution in [1.29, 1.82) is 0 Å². The Labute approximate surface area is 113 Å². The number of hydrogen-bond acceptors (Lipinski definition) is 2. The highest BCUT2D eigenvalue weighted by atomic mass is 32.2. The van der Waals surface area contributed by atoms with E-state index in [0.717, 1.165) is 12.8 Å². The summed E-state index contributed by atoms with van der Waals surface area (Å²) in [4.78, 5) is 1.40. The molecule has 0 radical (unpaired) electrons. The number of thioether (sulfide) groups is 1. The lowest BCUT2D eigenvalue weighted by molar-refractivity contribution is 0.860. The van der Waals surface area contributed by atoms with Gasteiger partial charge in [0, 0.05) is 10.6 Å². The van der Waals surface area contributed by atoms with Crippen molar-refractivity contribution < 1.29 is 0 Å². The molecule has 0 aromatic heterocycles. The molecular weight excluding hydrogens is 238 g/mol. The zero-order valence-electron chi connectivity index (χ0n) is 10.9. The predicted molar refractivity (Wildman–Crippen MR) is 80.4 cm³/mol. The van der Waals surface area contributed by atoms with Gasteiger partial charge in [-0.15, -0.1) is 11.8 Å². The van der Waals surface area contributed by atoms with Gasteiger partial charge in [0.05, 0.1) is 11.3 Å². The maximum Gasteiger partial charge on any atom is 0.0605 e. The van der Waals surface area contributed by atoms with Gasteiger partial charge in [-0.2, -0.15) is 0 Å². The Bertz CT molecular complexity index is 516. The first-order chi connectivity index (χ1) is 8.80. The molecule has 2 heteroatoms. The Kier molecular flexibility index (Phi) is 3.21. The summed E-state index contributed by atoms with van der Waals surface area (Å²) in [6, 6.07) is 7.24. The molecule has 1 aliphatic heterocycles. The fraction of sp³-hybridized carbons (Fsp3) is 0.375. The van der Waals surface area contributed by atoms with Crippen molar-refractivity contribution in [2.75, 3.05) is 5.32 Å². The maximum atomic E-state index is 3.64. The third kappa shape index (κ3) is 2.10. The summed E-state index contributed by atoms with van der Waals surface area (Å²) >= 11 is 2.00. The minimum atomic E-state index is 0.449. The van der Waals surface area contributed by atoms with Crippen LogP contribution in [-0.4, -0.2) is 11.3 Å². The topological polar surface area (TPSA) is 12.0 Å². The van der Waals surface area contributed by atoms with Gasteiger partial charge in [0.2, 0.25) is 0 Å². The molecule has 1 aliphatic carbocycles. The van der Waals surface area contributed by atoms with Crippen molar-refractivity contribution >= 4 is 17.4 Å². The van der Waals surface area contributed by atoms with Crippen molar-refractivity contribution in [2.24, 2.45) is 0 Å². The van der Waals surface area contributed by atoms with Crippen LogP contribution in [0, 0.1) is 0 Å². The van der Waals surface area contributed by atoms with Crippen molar-refractivity contribution in [1.82, 2.24) is 0 Å². The van der Waals surface area contributed by atoms with Gasteiger partial charge in [0.25, 0.3) is 0 Å². The minimum absolute atomic E-state index is 0.449. The van der Waals surface area contributed by atoms with Crippen LogP contribution in [0.15, 0.2) is 46.9 Å². The largest absolute Gasteiger partial charge is 0.376 e. The number of anilines is 1. The Balaban J connectivity index is 1.91. The molecule has 3 rings (SSSR count). The third-order valence-corrected chi connectivity index (χ3v) is 4.99. The minimum Gasteiger partial charge on any atom is -0.376 e. The lowest BCUT2D eigenvalue weighted by Crippen LogP contribution is -2.33. The molecule has 2 atom stereocenters. The summed E-state index contributed by atoms with van der Waals surface area (Å²) in [7, 11) is 0. The van der Waals surface area contributed by atoms with E-state index in [0.29, 0.717) is 11.3 Å². The fourth-order valence-corrected chi connectivity index (χ4v) is 3.82. The van der Waals surface area contributed by atoms with Gasteiger partial charge in [0.15, 0.2) is 0 Å². The van der Waals surface area contributed by atoms with E-state index >= 15 is 0 Å². The van der Waals surface area contributed by atoms with Crippen molar-refractivity contribution in [3.8, 4) is 0 Å². The lowest BCUT2D eigenvalue weighted by atomic mass is 10.00. The molecule has 0 bridgehead atoms. The van der Waals surface area contributed by atoms with E-state index in [9.17, 15) is 0 Å². The van der Waals surface area contributed by atoms with Gasteiger partial charge in [-0.25, -0.2) is 0 Å². The molecule has 18 heavy (non-hydrogen) atoms. The molecular formula is C16H19NS. The molecule has 0 saturated heterocycles. The highest BCUT2D eigenvalue weighted by Gasteiger charge is 2.27. The molecule has 1 heterocycles. The van der Waals surface area contributed by atoms with Crippen LogP contribution in [0.1, 0.15) is 25.8 Å². The second-order valence-electron chi connectivity index (χ2n) is 4.89. The Morgan fingerprint density at radius 2 is 2.11 bits per heavy atom. The van der Waals surface area contributed by atoms with E-state index in [1.54, 1.807) is 0 Å². The monoisotopic (exact) mass is 257 g/mol. The van der Waals surface area contributed by atoms with Gasteiger partial charge >= 0.3 is 0 Å². The highest BCUT2D eigenvalue weighted by molar-refractivity contribution is 8.00. The zero-order chi connectivity index (χ0) is 12.5. The molecule has 1 N–H and O–H groups in total. The van der Waals surface area contributed by atoms with E-state index in [-0.39, 0.29) is 0 Å². The molecule has 1 nitrogen and oxygen atoms in total. The van der Waals surface area contributed by atoms with Crippen LogP contribution >= 0.6 is 11.8 Å². The normalized spacial score (nSPS) is 24.9. The standard InChI is InChI=1S/C16H19NS/c1-3-11-5-7-13-15(9-11)18-16-10-12(4-2)6-8-14(16)17-13/h5-10,13,15,17H,3-4H2,1-2H3/t13-,15-/m0/s1. The fourth-order valence-electron chi connectivity index (χ4n) is 2.51. The lowest BCUT2D eigenvalue weighted by Gasteiger charge is -2.33. The summed E-state index contributed by atoms with van der Waals surface area (Å²) in [5, 5.41) is 4.19. The average Bonchev–Trinajstić information content (AvgIpc) is 2.43. The predicted octanol–water partition coefficient (Wildman–Crippen LogP) is 4.41. The Morgan fingerprint density at radius 3 is 2.89 bits per heavy atom. The first kappa shape index (κ1) is 11.9. The van der Waals surface area contributed by atoms with Crippen LogP contribution in [0.5, 0.6) is 0 Å². The molecule has 0 fully saturated rings. The average molecular weight is 257 g/mol. The Morgan fingerprint density at radius 1 is 1.22 bits per heavy atom. The first-order valence-corrected chi connectivity index (χ1v) is 7.63. The van der Waals surface area contributed by atoms with Crippen molar-refractivity contribution in [3.63, 3.8) is 0 Å². The van der Waals surface area contributed by atoms with E-state index in [1.165, 1.54) is 21.7 Å². The van der Waals surface area contributed by atoms with E-state index in [1.807, 2.05) is 11.8 Å². The zero-order valence-corrected chi connectivity index (χ0v) is 11.8. The maximum absolute atomic E-state index is 3.64. The number of nitrogens with one attached hydrogen (secondary N) is 1. The van der Waals surface area contributed by atoms with Gasteiger partial charge in [-0.05, 0) is 30.5 Å². The van der Waals surface area contributed by atoms with Crippen LogP contribution in [0.4, 0.5) is 5.69 Å². The quantitative estimate of drug-likeness (QED) is 0.842. The van der Waals surface area contributed by atoms with Crippen molar-refractivity contribution in [2.45, 2.75) is 42.9 Å². The van der Waals surface area contributed by atoms with Crippen molar-refractivity contribution in [3.05, 3.63) is 47.6 Å². The highest BCUT2D eigenvalue weighted by Crippen LogP contribution is 2.41. The molecule has 0 saturated carbocycles. The number of rotatable bonds is 2. The van der Waals surface area contributed by atoms with Crippen LogP contribution in [-0.2, 0) is 6.42 Å². The molecule has 2 aliphatic rings. The van der Waals surface area contributed by atoms with E-state index in [2.05, 4.69) is 55.6 Å². The van der Waals surface area contributed by atoms with E-state index < -0.39 is 0 Å². The van der Waals surface area contributed by atoms with Gasteiger partial charge in [-0.1, -0.05) is 43.7 Å². The molecule has 0 amide bonds. The number of aryl methyl sites for hydroxylation is 1. The number of allylic oxidation sites excluding steroid dienone is 2. The number of fused-ring (bicyclic) bond motifs is 2. The summed E-state index contributed by atoms with van der Waals surface area (Å²) in [5.74, 6) is 0. The Hall–Kier alpha value is -1.15. The second-order valence-corrected chi connectivity index (χ2v) is 6.11. The molecule has 1 aromatic carbocycles. The molecule has 0 spiro atoms. The van der Waals surface area contributed by atoms with Crippen LogP contribution in [0.2, 0.25) is 0 Å². The third-order valence-electron chi connectivity index (χ3n) is 3.70. The smallest absolute Gasteiger partial charge is 0.0605 e. The van der Waals surface area contributed by atoms with E-state index in [4.69, 9.17) is 0 Å². The van der Waals surface area contributed by atoms with Crippen LogP contribution < -0.4 is 5.32 Å². The summed E-state index contributed by atoms with van der Waals surface area (Å²) in [5.41, 5.74) is 4.17. The molecule has 1 aromatic rings. The SMILES string of the molecule is CCC1=C[C@@H]2Sc3cc(CC)ccc3N[C@H]2C=C1. The number of hydrogen-bond donors (Lipinski definition) is 1. The van der Waals surface area contributed by atoms with Gasteiger partial charge in [-0.3, -0.25) is 0 Å². The first-order valence-electron chi connectivity index (χ1n) is 6.75. The summed E-state index contributed by atoms with van der Waals surface area (Å²) < 4.78 is 0. The van der Waals surface area contributed by atoms with Gasteiger partial charge < -0.3 is 5.32 Å². The second kappa shape index (κ2) is 4.85. The van der Waals surface area contributed by atoms with Crippen LogP contribution in [0.3, 0.4) is 0 Å². The molecule has 0 unspecified atom stereocenters. The molecule has 94 valence electrons.